The molecule has 1 aromatic carbocycles. The Hall–Kier alpha value is -1.06. The summed E-state index contributed by atoms with van der Waals surface area (Å²) in [5.74, 6) is 1.83. The summed E-state index contributed by atoms with van der Waals surface area (Å²) in [6, 6.07) is 6.85. The first kappa shape index (κ1) is 16.3. The van der Waals surface area contributed by atoms with Gasteiger partial charge < -0.3 is 14.8 Å². The van der Waals surface area contributed by atoms with E-state index < -0.39 is 0 Å². The molecule has 1 aliphatic carbocycles. The minimum absolute atomic E-state index is 0.495. The van der Waals surface area contributed by atoms with Gasteiger partial charge in [0.1, 0.15) is 5.75 Å². The Kier molecular flexibility index (Phi) is 6.52. The normalized spacial score (nSPS) is 15.2. The quantitative estimate of drug-likeness (QED) is 0.700. The average molecular weight is 291 g/mol. The highest BCUT2D eigenvalue weighted by atomic mass is 16.5. The fraction of sp³-hybridized carbons (Fsp3) is 0.667. The lowest BCUT2D eigenvalue weighted by molar-refractivity contribution is 0.0936. The van der Waals surface area contributed by atoms with Crippen LogP contribution in [-0.2, 0) is 17.9 Å². The molecule has 0 heterocycles. The summed E-state index contributed by atoms with van der Waals surface area (Å²) in [5, 5.41) is 3.44. The van der Waals surface area contributed by atoms with Gasteiger partial charge >= 0.3 is 0 Å². The monoisotopic (exact) mass is 291 g/mol. The lowest BCUT2D eigenvalue weighted by Gasteiger charge is -2.25. The van der Waals surface area contributed by atoms with Crippen LogP contribution in [0.3, 0.4) is 0 Å². The fourth-order valence-corrected chi connectivity index (χ4v) is 2.59. The Balaban J connectivity index is 1.83. The predicted molar refractivity (Wildman–Crippen MR) is 86.6 cm³/mol. The van der Waals surface area contributed by atoms with E-state index in [2.05, 4.69) is 31.3 Å². The predicted octanol–water partition coefficient (Wildman–Crippen LogP) is 3.90. The lowest BCUT2D eigenvalue weighted by atomic mass is 9.83. The summed E-state index contributed by atoms with van der Waals surface area (Å²) in [4.78, 5) is 0. The van der Waals surface area contributed by atoms with Crippen molar-refractivity contribution in [1.82, 2.24) is 5.32 Å². The maximum atomic E-state index is 5.85. The molecule has 0 unspecified atom stereocenters. The second kappa shape index (κ2) is 8.40. The number of rotatable bonds is 9. The van der Waals surface area contributed by atoms with Crippen LogP contribution in [0.2, 0.25) is 0 Å². The van der Waals surface area contributed by atoms with Crippen LogP contribution in [0.4, 0.5) is 0 Å². The third-order valence-electron chi connectivity index (χ3n) is 4.21. The molecule has 2 rings (SSSR count). The zero-order chi connectivity index (χ0) is 15.1. The summed E-state index contributed by atoms with van der Waals surface area (Å²) in [7, 11) is 1.72. The van der Waals surface area contributed by atoms with Gasteiger partial charge in [-0.15, -0.1) is 0 Å². The molecule has 0 radical (unpaired) electrons. The Labute approximate surface area is 129 Å². The third kappa shape index (κ3) is 5.33. The topological polar surface area (TPSA) is 30.5 Å². The van der Waals surface area contributed by atoms with Gasteiger partial charge in [-0.2, -0.15) is 0 Å². The molecule has 0 spiro atoms. The largest absolute Gasteiger partial charge is 0.496 e. The van der Waals surface area contributed by atoms with Gasteiger partial charge in [-0.1, -0.05) is 39.2 Å². The lowest BCUT2D eigenvalue weighted by Crippen LogP contribution is -2.21. The fourth-order valence-electron chi connectivity index (χ4n) is 2.59. The van der Waals surface area contributed by atoms with Crippen molar-refractivity contribution in [3.63, 3.8) is 0 Å². The van der Waals surface area contributed by atoms with E-state index in [-0.39, 0.29) is 0 Å². The highest BCUT2D eigenvalue weighted by Crippen LogP contribution is 2.29. The minimum atomic E-state index is 0.495. The van der Waals surface area contributed by atoms with Crippen LogP contribution in [0.5, 0.6) is 5.75 Å². The molecule has 1 aromatic rings. The van der Waals surface area contributed by atoms with Gasteiger partial charge in [0.05, 0.1) is 13.7 Å². The van der Waals surface area contributed by atoms with Crippen LogP contribution in [0, 0.1) is 5.92 Å². The van der Waals surface area contributed by atoms with Crippen LogP contribution in [0.15, 0.2) is 18.2 Å². The van der Waals surface area contributed by atoms with Crippen LogP contribution >= 0.6 is 0 Å². The number of benzene rings is 1. The zero-order valence-corrected chi connectivity index (χ0v) is 13.7. The maximum absolute atomic E-state index is 5.85. The first-order valence-corrected chi connectivity index (χ1v) is 8.16. The van der Waals surface area contributed by atoms with Gasteiger partial charge in [-0.05, 0) is 30.0 Å². The van der Waals surface area contributed by atoms with Gasteiger partial charge in [0.15, 0.2) is 0 Å². The zero-order valence-electron chi connectivity index (χ0n) is 13.7. The molecular formula is C18H29NO2. The molecule has 0 aromatic heterocycles. The molecule has 1 fully saturated rings. The first-order chi connectivity index (χ1) is 10.2. The molecule has 0 amide bonds. The molecule has 0 atom stereocenters. The van der Waals surface area contributed by atoms with Crippen molar-refractivity contribution >= 4 is 0 Å². The van der Waals surface area contributed by atoms with Gasteiger partial charge in [0.25, 0.3) is 0 Å². The van der Waals surface area contributed by atoms with Crippen molar-refractivity contribution in [1.29, 1.82) is 0 Å². The minimum Gasteiger partial charge on any atom is -0.496 e. The van der Waals surface area contributed by atoms with E-state index in [0.717, 1.165) is 30.4 Å². The van der Waals surface area contributed by atoms with E-state index in [4.69, 9.17) is 9.47 Å². The smallest absolute Gasteiger partial charge is 0.124 e. The van der Waals surface area contributed by atoms with Gasteiger partial charge in [-0.25, -0.2) is 0 Å². The summed E-state index contributed by atoms with van der Waals surface area (Å²) in [6.07, 6.45) is 5.40. The molecule has 0 bridgehead atoms. The van der Waals surface area contributed by atoms with Crippen molar-refractivity contribution in [2.45, 2.75) is 58.7 Å². The van der Waals surface area contributed by atoms with Crippen molar-refractivity contribution in [2.24, 2.45) is 5.92 Å². The highest BCUT2D eigenvalue weighted by molar-refractivity contribution is 5.36. The Bertz CT molecular complexity index is 427. The summed E-state index contributed by atoms with van der Waals surface area (Å²) < 4.78 is 11.3. The van der Waals surface area contributed by atoms with Gasteiger partial charge in [0.2, 0.25) is 0 Å². The van der Waals surface area contributed by atoms with E-state index >= 15 is 0 Å². The van der Waals surface area contributed by atoms with Crippen molar-refractivity contribution in [3.05, 3.63) is 29.3 Å². The van der Waals surface area contributed by atoms with E-state index in [9.17, 15) is 0 Å². The molecule has 118 valence electrons. The number of nitrogens with one attached hydrogen (secondary N) is 1. The number of hydrogen-bond donors (Lipinski definition) is 1. The van der Waals surface area contributed by atoms with Crippen molar-refractivity contribution in [2.75, 3.05) is 13.7 Å². The first-order valence-electron chi connectivity index (χ1n) is 8.16. The maximum Gasteiger partial charge on any atom is 0.124 e. The molecular weight excluding hydrogens is 262 g/mol. The average Bonchev–Trinajstić information content (AvgIpc) is 2.43. The summed E-state index contributed by atoms with van der Waals surface area (Å²) >= 11 is 0. The summed E-state index contributed by atoms with van der Waals surface area (Å²) in [5.41, 5.74) is 2.43. The van der Waals surface area contributed by atoms with Crippen LogP contribution in [-0.4, -0.2) is 19.8 Å². The van der Waals surface area contributed by atoms with E-state index in [1.165, 1.54) is 31.2 Å². The molecule has 21 heavy (non-hydrogen) atoms. The Morgan fingerprint density at radius 2 is 2.10 bits per heavy atom. The second-order valence-corrected chi connectivity index (χ2v) is 6.32. The van der Waals surface area contributed by atoms with Gasteiger partial charge in [0, 0.05) is 24.8 Å². The number of hydrogen-bond acceptors (Lipinski definition) is 3. The van der Waals surface area contributed by atoms with E-state index in [1.807, 2.05) is 6.07 Å². The van der Waals surface area contributed by atoms with Crippen LogP contribution in [0.1, 0.15) is 50.7 Å². The standard InChI is InChI=1S/C18H29NO2/c1-14(2)19-12-16-7-8-18(20-3)17(11-16)13-21-10-9-15-5-4-6-15/h7-8,11,14-15,19H,4-6,9-10,12-13H2,1-3H3. The number of ether oxygens (including phenoxy) is 2. The number of methoxy groups -OCH3 is 1. The molecule has 0 aliphatic heterocycles. The molecule has 0 saturated heterocycles. The van der Waals surface area contributed by atoms with Gasteiger partial charge in [-0.3, -0.25) is 0 Å². The van der Waals surface area contributed by atoms with Crippen LogP contribution < -0.4 is 10.1 Å². The Morgan fingerprint density at radius 1 is 1.29 bits per heavy atom. The SMILES string of the molecule is COc1ccc(CNC(C)C)cc1COCCC1CCC1. The van der Waals surface area contributed by atoms with Crippen molar-refractivity contribution in [3.8, 4) is 5.75 Å². The molecule has 1 N–H and O–H groups in total. The molecule has 3 nitrogen and oxygen atoms in total. The molecule has 3 heteroatoms. The van der Waals surface area contributed by atoms with Crippen LogP contribution in [0.25, 0.3) is 0 Å². The highest BCUT2D eigenvalue weighted by Gasteiger charge is 2.16. The van der Waals surface area contributed by atoms with E-state index in [0.29, 0.717) is 12.6 Å². The second-order valence-electron chi connectivity index (χ2n) is 6.32. The third-order valence-corrected chi connectivity index (χ3v) is 4.21. The molecule has 1 aliphatic rings. The summed E-state index contributed by atoms with van der Waals surface area (Å²) in [6.45, 7) is 6.71. The van der Waals surface area contributed by atoms with E-state index in [1.54, 1.807) is 7.11 Å². The van der Waals surface area contributed by atoms with Crippen molar-refractivity contribution < 1.29 is 9.47 Å². The Morgan fingerprint density at radius 3 is 2.71 bits per heavy atom. The molecule has 1 saturated carbocycles.